The second kappa shape index (κ2) is 4.48. The molecule has 1 aromatic carbocycles. The lowest BCUT2D eigenvalue weighted by atomic mass is 10.1. The quantitative estimate of drug-likeness (QED) is 0.691. The number of nitrogens with zero attached hydrogens (tertiary/aromatic N) is 1. The van der Waals surface area contributed by atoms with Gasteiger partial charge in [0.2, 0.25) is 0 Å². The predicted molar refractivity (Wildman–Crippen MR) is 54.8 cm³/mol. The first-order chi connectivity index (χ1) is 7.08. The number of nitriles is 1. The molecule has 1 atom stereocenters. The van der Waals surface area contributed by atoms with Crippen LogP contribution in [0.5, 0.6) is 5.75 Å². The Morgan fingerprint density at radius 1 is 1.53 bits per heavy atom. The van der Waals surface area contributed by atoms with Gasteiger partial charge in [0.25, 0.3) is 0 Å². The van der Waals surface area contributed by atoms with Crippen LogP contribution in [0, 0.1) is 36.4 Å². The predicted octanol–water partition coefficient (Wildman–Crippen LogP) is 2.41. The van der Waals surface area contributed by atoms with Gasteiger partial charge in [-0.3, -0.25) is 0 Å². The summed E-state index contributed by atoms with van der Waals surface area (Å²) in [7, 11) is 0. The minimum atomic E-state index is -0.443. The van der Waals surface area contributed by atoms with Crippen molar-refractivity contribution in [1.82, 2.24) is 0 Å². The van der Waals surface area contributed by atoms with Crippen LogP contribution >= 0.6 is 0 Å². The van der Waals surface area contributed by atoms with Crippen LogP contribution in [0.2, 0.25) is 0 Å². The summed E-state index contributed by atoms with van der Waals surface area (Å²) in [6.45, 7) is 3.28. The van der Waals surface area contributed by atoms with E-state index in [9.17, 15) is 4.39 Å². The highest BCUT2D eigenvalue weighted by Gasteiger charge is 2.10. The fourth-order valence-corrected chi connectivity index (χ4v) is 1.06. The molecule has 0 aliphatic carbocycles. The molecule has 0 saturated heterocycles. The highest BCUT2D eigenvalue weighted by Crippen LogP contribution is 2.22. The fraction of sp³-hybridized carbons (Fsp3) is 0.250. The van der Waals surface area contributed by atoms with Gasteiger partial charge in [-0.1, -0.05) is 5.92 Å². The van der Waals surface area contributed by atoms with E-state index in [4.69, 9.17) is 16.4 Å². The Labute approximate surface area is 88.3 Å². The van der Waals surface area contributed by atoms with Crippen molar-refractivity contribution >= 4 is 0 Å². The first-order valence-corrected chi connectivity index (χ1v) is 4.41. The zero-order valence-corrected chi connectivity index (χ0v) is 8.54. The van der Waals surface area contributed by atoms with Gasteiger partial charge in [-0.05, 0) is 31.5 Å². The third kappa shape index (κ3) is 2.48. The molecular formula is C12H10FNO. The molecule has 0 aliphatic rings. The number of halogens is 1. The number of ether oxygens (including phenoxy) is 1. The van der Waals surface area contributed by atoms with E-state index in [2.05, 4.69) is 5.92 Å². The highest BCUT2D eigenvalue weighted by atomic mass is 19.1. The Kier molecular flexibility index (Phi) is 3.31. The number of rotatable bonds is 2. The van der Waals surface area contributed by atoms with E-state index in [1.54, 1.807) is 13.8 Å². The average molecular weight is 203 g/mol. The summed E-state index contributed by atoms with van der Waals surface area (Å²) in [4.78, 5) is 0. The Hall–Kier alpha value is -2.00. The molecule has 0 N–H and O–H groups in total. The molecular weight excluding hydrogens is 193 g/mol. The van der Waals surface area contributed by atoms with Gasteiger partial charge >= 0.3 is 0 Å². The molecule has 0 amide bonds. The molecule has 0 heterocycles. The summed E-state index contributed by atoms with van der Waals surface area (Å²) < 4.78 is 18.4. The van der Waals surface area contributed by atoms with Gasteiger partial charge in [-0.2, -0.15) is 5.26 Å². The number of benzene rings is 1. The lowest BCUT2D eigenvalue weighted by molar-refractivity contribution is 0.277. The second-order valence-corrected chi connectivity index (χ2v) is 3.14. The summed E-state index contributed by atoms with van der Waals surface area (Å²) in [5, 5.41) is 8.77. The van der Waals surface area contributed by atoms with Gasteiger partial charge in [0, 0.05) is 0 Å². The van der Waals surface area contributed by atoms with Crippen LogP contribution < -0.4 is 4.74 Å². The molecule has 0 radical (unpaired) electrons. The zero-order valence-electron chi connectivity index (χ0n) is 8.54. The Balaban J connectivity index is 3.13. The van der Waals surface area contributed by atoms with Crippen molar-refractivity contribution in [1.29, 1.82) is 5.26 Å². The molecule has 0 bridgehead atoms. The third-order valence-electron chi connectivity index (χ3n) is 1.92. The molecule has 0 saturated carbocycles. The van der Waals surface area contributed by atoms with Crippen molar-refractivity contribution in [3.05, 3.63) is 29.1 Å². The first-order valence-electron chi connectivity index (χ1n) is 4.41. The number of aryl methyl sites for hydroxylation is 1. The Morgan fingerprint density at radius 2 is 2.20 bits per heavy atom. The molecule has 0 aliphatic heterocycles. The molecule has 1 unspecified atom stereocenters. The molecule has 0 fully saturated rings. The molecule has 1 rings (SSSR count). The Morgan fingerprint density at radius 3 is 2.73 bits per heavy atom. The van der Waals surface area contributed by atoms with Crippen molar-refractivity contribution in [3.8, 4) is 24.2 Å². The van der Waals surface area contributed by atoms with Crippen LogP contribution in [-0.4, -0.2) is 6.10 Å². The van der Waals surface area contributed by atoms with Gasteiger partial charge in [0.1, 0.15) is 17.6 Å². The average Bonchev–Trinajstić information content (AvgIpc) is 2.22. The van der Waals surface area contributed by atoms with E-state index in [-0.39, 0.29) is 5.56 Å². The molecule has 2 nitrogen and oxygen atoms in total. The maximum atomic E-state index is 13.1. The molecule has 1 aromatic rings. The van der Waals surface area contributed by atoms with E-state index in [1.807, 2.05) is 6.07 Å². The lowest BCUT2D eigenvalue weighted by Crippen LogP contribution is -2.09. The smallest absolute Gasteiger partial charge is 0.156 e. The van der Waals surface area contributed by atoms with Gasteiger partial charge in [-0.15, -0.1) is 6.42 Å². The number of hydrogen-bond acceptors (Lipinski definition) is 2. The highest BCUT2D eigenvalue weighted by molar-refractivity contribution is 5.46. The molecule has 76 valence electrons. The minimum Gasteiger partial charge on any atom is -0.477 e. The van der Waals surface area contributed by atoms with Crippen LogP contribution in [0.4, 0.5) is 4.39 Å². The van der Waals surface area contributed by atoms with Crippen LogP contribution in [0.3, 0.4) is 0 Å². The summed E-state index contributed by atoms with van der Waals surface area (Å²) >= 11 is 0. The van der Waals surface area contributed by atoms with Crippen molar-refractivity contribution in [2.24, 2.45) is 0 Å². The lowest BCUT2D eigenvalue weighted by Gasteiger charge is -2.11. The maximum Gasteiger partial charge on any atom is 0.156 e. The van der Waals surface area contributed by atoms with E-state index in [0.29, 0.717) is 11.3 Å². The largest absolute Gasteiger partial charge is 0.477 e. The monoisotopic (exact) mass is 203 g/mol. The summed E-state index contributed by atoms with van der Waals surface area (Å²) in [6.07, 6.45) is 4.70. The minimum absolute atomic E-state index is 0.153. The van der Waals surface area contributed by atoms with Crippen LogP contribution in [0.15, 0.2) is 12.1 Å². The Bertz CT molecular complexity index is 454. The normalized spacial score (nSPS) is 11.3. The SMILES string of the molecule is C#CC(C)Oc1cc(C)c(F)cc1C#N. The maximum absolute atomic E-state index is 13.1. The van der Waals surface area contributed by atoms with Crippen molar-refractivity contribution in [2.45, 2.75) is 20.0 Å². The standard InChI is InChI=1S/C12H10FNO/c1-4-9(3)15-12-5-8(2)11(13)6-10(12)7-14/h1,5-6,9H,2-3H3. The molecule has 0 spiro atoms. The van der Waals surface area contributed by atoms with Gasteiger partial charge in [0.15, 0.2) is 6.10 Å². The van der Waals surface area contributed by atoms with E-state index < -0.39 is 11.9 Å². The summed E-state index contributed by atoms with van der Waals surface area (Å²) in [5.41, 5.74) is 0.577. The third-order valence-corrected chi connectivity index (χ3v) is 1.92. The van der Waals surface area contributed by atoms with E-state index in [1.165, 1.54) is 6.07 Å². The van der Waals surface area contributed by atoms with Crippen molar-refractivity contribution in [2.75, 3.05) is 0 Å². The van der Waals surface area contributed by atoms with Gasteiger partial charge < -0.3 is 4.74 Å². The summed E-state index contributed by atoms with van der Waals surface area (Å²) in [5.74, 6) is 2.27. The van der Waals surface area contributed by atoms with Crippen molar-refractivity contribution in [3.63, 3.8) is 0 Å². The summed E-state index contributed by atoms with van der Waals surface area (Å²) in [6, 6.07) is 4.48. The van der Waals surface area contributed by atoms with Gasteiger partial charge in [-0.25, -0.2) is 4.39 Å². The first kappa shape index (κ1) is 11.1. The number of terminal acetylenes is 1. The van der Waals surface area contributed by atoms with Crippen LogP contribution in [0.25, 0.3) is 0 Å². The van der Waals surface area contributed by atoms with Gasteiger partial charge in [0.05, 0.1) is 5.56 Å². The van der Waals surface area contributed by atoms with Crippen molar-refractivity contribution < 1.29 is 9.13 Å². The van der Waals surface area contributed by atoms with E-state index >= 15 is 0 Å². The number of hydrogen-bond donors (Lipinski definition) is 0. The fourth-order valence-electron chi connectivity index (χ4n) is 1.06. The molecule has 0 aromatic heterocycles. The molecule has 3 heteroatoms. The topological polar surface area (TPSA) is 33.0 Å². The molecule has 15 heavy (non-hydrogen) atoms. The second-order valence-electron chi connectivity index (χ2n) is 3.14. The van der Waals surface area contributed by atoms with Crippen LogP contribution in [0.1, 0.15) is 18.1 Å². The van der Waals surface area contributed by atoms with E-state index in [0.717, 1.165) is 6.07 Å². The van der Waals surface area contributed by atoms with Crippen LogP contribution in [-0.2, 0) is 0 Å². The zero-order chi connectivity index (χ0) is 11.4.